The fourth-order valence-corrected chi connectivity index (χ4v) is 3.34. The number of pyridine rings is 1. The van der Waals surface area contributed by atoms with Gasteiger partial charge in [-0.15, -0.1) is 0 Å². The number of amides is 1. The number of aryl methyl sites for hydroxylation is 2. The third-order valence-electron chi connectivity index (χ3n) is 4.93. The highest BCUT2D eigenvalue weighted by molar-refractivity contribution is 6.12. The topological polar surface area (TPSA) is 59.8 Å². The Kier molecular flexibility index (Phi) is 4.84. The minimum Gasteiger partial charge on any atom is -0.319 e. The van der Waals surface area contributed by atoms with Crippen molar-refractivity contribution in [3.05, 3.63) is 88.6 Å². The first-order chi connectivity index (χ1) is 13.9. The maximum absolute atomic E-state index is 13.1. The van der Waals surface area contributed by atoms with Crippen LogP contribution in [0.4, 0.5) is 10.1 Å². The molecule has 0 fully saturated rings. The molecule has 2 aromatic carbocycles. The number of nitrogens with zero attached hydrogens (tertiary/aromatic N) is 3. The van der Waals surface area contributed by atoms with Crippen LogP contribution in [0.5, 0.6) is 0 Å². The molecule has 0 radical (unpaired) electrons. The second-order valence-corrected chi connectivity index (χ2v) is 7.21. The second-order valence-electron chi connectivity index (χ2n) is 7.21. The van der Waals surface area contributed by atoms with Gasteiger partial charge in [-0.25, -0.2) is 4.39 Å². The van der Waals surface area contributed by atoms with E-state index in [1.54, 1.807) is 29.1 Å². The summed E-state index contributed by atoms with van der Waals surface area (Å²) >= 11 is 0. The minimum absolute atomic E-state index is 0.199. The third-order valence-corrected chi connectivity index (χ3v) is 4.93. The maximum atomic E-state index is 13.1. The van der Waals surface area contributed by atoms with Crippen molar-refractivity contribution < 1.29 is 9.18 Å². The van der Waals surface area contributed by atoms with Crippen LogP contribution in [0, 0.1) is 26.6 Å². The number of fused-ring (bicyclic) bond motifs is 1. The molecule has 29 heavy (non-hydrogen) atoms. The zero-order valence-corrected chi connectivity index (χ0v) is 16.5. The highest BCUT2D eigenvalue weighted by atomic mass is 19.1. The van der Waals surface area contributed by atoms with Crippen LogP contribution < -0.4 is 5.32 Å². The average molecular weight is 388 g/mol. The van der Waals surface area contributed by atoms with Crippen molar-refractivity contribution in [2.45, 2.75) is 27.3 Å². The Morgan fingerprint density at radius 3 is 2.59 bits per heavy atom. The molecule has 1 N–H and O–H groups in total. The Balaban J connectivity index is 1.61. The first-order valence-corrected chi connectivity index (χ1v) is 9.37. The van der Waals surface area contributed by atoms with Crippen molar-refractivity contribution in [1.29, 1.82) is 0 Å². The van der Waals surface area contributed by atoms with E-state index in [4.69, 9.17) is 0 Å². The number of anilines is 1. The molecule has 0 aliphatic carbocycles. The zero-order valence-electron chi connectivity index (χ0n) is 16.5. The minimum atomic E-state index is -0.269. The number of carbonyl (C=O) groups is 1. The van der Waals surface area contributed by atoms with E-state index in [1.165, 1.54) is 12.1 Å². The molecule has 0 bridgehead atoms. The monoisotopic (exact) mass is 388 g/mol. The van der Waals surface area contributed by atoms with Gasteiger partial charge >= 0.3 is 0 Å². The lowest BCUT2D eigenvalue weighted by Gasteiger charge is -2.10. The lowest BCUT2D eigenvalue weighted by molar-refractivity contribution is 0.102. The van der Waals surface area contributed by atoms with Gasteiger partial charge in [0.05, 0.1) is 35.2 Å². The number of hydrogen-bond donors (Lipinski definition) is 1. The summed E-state index contributed by atoms with van der Waals surface area (Å²) in [5.41, 5.74) is 5.64. The number of carbonyl (C=O) groups excluding carboxylic acids is 1. The molecule has 2 aromatic heterocycles. The van der Waals surface area contributed by atoms with Gasteiger partial charge in [0, 0.05) is 11.1 Å². The fourth-order valence-electron chi connectivity index (χ4n) is 3.34. The van der Waals surface area contributed by atoms with E-state index < -0.39 is 0 Å². The molecule has 0 aliphatic rings. The standard InChI is InChI=1S/C23H21FN4O/c1-14-4-9-21-19(10-14)20(11-15(2)26-21)23(29)27-22-12-25-28(16(22)3)13-17-5-7-18(24)8-6-17/h4-12H,13H2,1-3H3,(H,27,29). The van der Waals surface area contributed by atoms with E-state index in [0.29, 0.717) is 17.8 Å². The Labute approximate surface area is 168 Å². The molecular weight excluding hydrogens is 367 g/mol. The van der Waals surface area contributed by atoms with Crippen LogP contribution in [0.25, 0.3) is 10.9 Å². The number of halogens is 1. The Hall–Kier alpha value is -3.54. The number of aromatic nitrogens is 3. The van der Waals surface area contributed by atoms with E-state index in [9.17, 15) is 9.18 Å². The van der Waals surface area contributed by atoms with Crippen LogP contribution in [-0.2, 0) is 6.54 Å². The first-order valence-electron chi connectivity index (χ1n) is 9.37. The van der Waals surface area contributed by atoms with Crippen LogP contribution in [0.1, 0.15) is 32.9 Å². The van der Waals surface area contributed by atoms with Gasteiger partial charge < -0.3 is 5.32 Å². The first kappa shape index (κ1) is 18.8. The van der Waals surface area contributed by atoms with Gasteiger partial charge in [0.15, 0.2) is 0 Å². The van der Waals surface area contributed by atoms with E-state index >= 15 is 0 Å². The van der Waals surface area contributed by atoms with E-state index in [1.807, 2.05) is 39.0 Å². The van der Waals surface area contributed by atoms with Crippen molar-refractivity contribution in [3.8, 4) is 0 Å². The molecule has 146 valence electrons. The molecule has 0 atom stereocenters. The zero-order chi connectivity index (χ0) is 20.5. The normalized spacial score (nSPS) is 11.0. The van der Waals surface area contributed by atoms with Crippen molar-refractivity contribution in [1.82, 2.24) is 14.8 Å². The number of rotatable bonds is 4. The SMILES string of the molecule is Cc1ccc2nc(C)cc(C(=O)Nc3cnn(Cc4ccc(F)cc4)c3C)c2c1. The van der Waals surface area contributed by atoms with Gasteiger partial charge in [0.2, 0.25) is 0 Å². The molecule has 2 heterocycles. The van der Waals surface area contributed by atoms with Crippen LogP contribution in [0.2, 0.25) is 0 Å². The lowest BCUT2D eigenvalue weighted by Crippen LogP contribution is -2.14. The quantitative estimate of drug-likeness (QED) is 0.546. The number of benzene rings is 2. The van der Waals surface area contributed by atoms with Crippen molar-refractivity contribution >= 4 is 22.5 Å². The summed E-state index contributed by atoms with van der Waals surface area (Å²) in [5.74, 6) is -0.468. The summed E-state index contributed by atoms with van der Waals surface area (Å²) in [6.45, 7) is 6.26. The van der Waals surface area contributed by atoms with E-state index in [-0.39, 0.29) is 11.7 Å². The molecule has 0 spiro atoms. The Morgan fingerprint density at radius 2 is 1.83 bits per heavy atom. The van der Waals surface area contributed by atoms with Gasteiger partial charge in [-0.1, -0.05) is 23.8 Å². The fraction of sp³-hybridized carbons (Fsp3) is 0.174. The van der Waals surface area contributed by atoms with Gasteiger partial charge in [0.25, 0.3) is 5.91 Å². The summed E-state index contributed by atoms with van der Waals surface area (Å²) in [4.78, 5) is 17.5. The molecule has 0 unspecified atom stereocenters. The Morgan fingerprint density at radius 1 is 1.07 bits per heavy atom. The number of hydrogen-bond acceptors (Lipinski definition) is 3. The van der Waals surface area contributed by atoms with Crippen LogP contribution >= 0.6 is 0 Å². The number of nitrogens with one attached hydrogen (secondary N) is 1. The second kappa shape index (κ2) is 7.47. The molecule has 0 aliphatic heterocycles. The van der Waals surface area contributed by atoms with E-state index in [0.717, 1.165) is 33.4 Å². The summed E-state index contributed by atoms with van der Waals surface area (Å²) in [5, 5.41) is 8.16. The van der Waals surface area contributed by atoms with Crippen LogP contribution in [0.3, 0.4) is 0 Å². The molecule has 0 saturated heterocycles. The van der Waals surface area contributed by atoms with Crippen molar-refractivity contribution in [3.63, 3.8) is 0 Å². The van der Waals surface area contributed by atoms with Crippen molar-refractivity contribution in [2.75, 3.05) is 5.32 Å². The Bertz CT molecular complexity index is 1210. The van der Waals surface area contributed by atoms with Gasteiger partial charge in [-0.2, -0.15) is 5.10 Å². The molecule has 0 saturated carbocycles. The largest absolute Gasteiger partial charge is 0.319 e. The van der Waals surface area contributed by atoms with Gasteiger partial charge in [-0.05, 0) is 56.7 Å². The molecule has 6 heteroatoms. The summed E-state index contributed by atoms with van der Waals surface area (Å²) in [6.07, 6.45) is 1.64. The lowest BCUT2D eigenvalue weighted by atomic mass is 10.0. The molecule has 4 rings (SSSR count). The molecule has 5 nitrogen and oxygen atoms in total. The molecule has 1 amide bonds. The molecule has 4 aromatic rings. The summed E-state index contributed by atoms with van der Waals surface area (Å²) < 4.78 is 14.9. The highest BCUT2D eigenvalue weighted by Crippen LogP contribution is 2.22. The van der Waals surface area contributed by atoms with Gasteiger partial charge in [0.1, 0.15) is 5.82 Å². The average Bonchev–Trinajstić information content (AvgIpc) is 3.03. The summed E-state index contributed by atoms with van der Waals surface area (Å²) in [7, 11) is 0. The predicted molar refractivity (Wildman–Crippen MR) is 112 cm³/mol. The molecular formula is C23H21FN4O. The van der Waals surface area contributed by atoms with Gasteiger partial charge in [-0.3, -0.25) is 14.5 Å². The smallest absolute Gasteiger partial charge is 0.256 e. The van der Waals surface area contributed by atoms with Crippen LogP contribution in [0.15, 0.2) is 54.7 Å². The highest BCUT2D eigenvalue weighted by Gasteiger charge is 2.15. The van der Waals surface area contributed by atoms with Crippen molar-refractivity contribution in [2.24, 2.45) is 0 Å². The maximum Gasteiger partial charge on any atom is 0.256 e. The van der Waals surface area contributed by atoms with Crippen LogP contribution in [-0.4, -0.2) is 20.7 Å². The summed E-state index contributed by atoms with van der Waals surface area (Å²) in [6, 6.07) is 14.0. The van der Waals surface area contributed by atoms with E-state index in [2.05, 4.69) is 15.4 Å². The third kappa shape index (κ3) is 3.87. The predicted octanol–water partition coefficient (Wildman–Crippen LogP) is 4.80.